The van der Waals surface area contributed by atoms with E-state index in [0.717, 1.165) is 52.9 Å². The zero-order chi connectivity index (χ0) is 15.2. The standard InChI is InChI=1S/C17H22ClNO2/c1-4-7-19-10-17-13(3)9-15(21-17)11-20-14-5-6-16(18)12(2)8-14/h5-6,8-9,19H,4,7,10-11H2,1-3H3. The fraction of sp³-hybridized carbons (Fsp3) is 0.412. The molecule has 0 fully saturated rings. The molecule has 2 rings (SSSR count). The van der Waals surface area contributed by atoms with Gasteiger partial charge in [0, 0.05) is 5.02 Å². The number of aryl methyl sites for hydroxylation is 2. The second-order valence-corrected chi connectivity index (χ2v) is 5.60. The zero-order valence-corrected chi connectivity index (χ0v) is 13.6. The number of hydrogen-bond acceptors (Lipinski definition) is 3. The number of rotatable bonds is 7. The van der Waals surface area contributed by atoms with Gasteiger partial charge in [0.15, 0.2) is 0 Å². The van der Waals surface area contributed by atoms with Gasteiger partial charge in [-0.25, -0.2) is 0 Å². The highest BCUT2D eigenvalue weighted by atomic mass is 35.5. The van der Waals surface area contributed by atoms with E-state index in [-0.39, 0.29) is 0 Å². The molecule has 0 unspecified atom stereocenters. The Morgan fingerprint density at radius 3 is 2.71 bits per heavy atom. The summed E-state index contributed by atoms with van der Waals surface area (Å²) in [6, 6.07) is 7.68. The van der Waals surface area contributed by atoms with Crippen LogP contribution in [0.4, 0.5) is 0 Å². The molecule has 1 aromatic carbocycles. The largest absolute Gasteiger partial charge is 0.486 e. The molecule has 114 valence electrons. The molecular formula is C17H22ClNO2. The third kappa shape index (κ3) is 4.51. The van der Waals surface area contributed by atoms with E-state index in [2.05, 4.69) is 19.2 Å². The van der Waals surface area contributed by atoms with E-state index in [1.807, 2.05) is 31.2 Å². The maximum Gasteiger partial charge on any atom is 0.146 e. The molecule has 2 aromatic rings. The summed E-state index contributed by atoms with van der Waals surface area (Å²) >= 11 is 6.00. The molecule has 4 heteroatoms. The fourth-order valence-corrected chi connectivity index (χ4v) is 2.19. The van der Waals surface area contributed by atoms with Crippen molar-refractivity contribution in [1.29, 1.82) is 0 Å². The minimum Gasteiger partial charge on any atom is -0.486 e. The summed E-state index contributed by atoms with van der Waals surface area (Å²) in [5.74, 6) is 2.62. The first kappa shape index (κ1) is 15.9. The van der Waals surface area contributed by atoms with Crippen molar-refractivity contribution in [3.63, 3.8) is 0 Å². The van der Waals surface area contributed by atoms with E-state index in [1.165, 1.54) is 0 Å². The first-order valence-corrected chi connectivity index (χ1v) is 7.65. The van der Waals surface area contributed by atoms with Crippen molar-refractivity contribution in [2.45, 2.75) is 40.3 Å². The molecule has 0 saturated carbocycles. The highest BCUT2D eigenvalue weighted by Crippen LogP contribution is 2.22. The van der Waals surface area contributed by atoms with Gasteiger partial charge in [0.25, 0.3) is 0 Å². The van der Waals surface area contributed by atoms with E-state index in [4.69, 9.17) is 20.8 Å². The zero-order valence-electron chi connectivity index (χ0n) is 12.8. The van der Waals surface area contributed by atoms with Gasteiger partial charge in [0.2, 0.25) is 0 Å². The molecule has 0 radical (unpaired) electrons. The summed E-state index contributed by atoms with van der Waals surface area (Å²) in [5.41, 5.74) is 2.17. The van der Waals surface area contributed by atoms with Crippen molar-refractivity contribution in [2.75, 3.05) is 6.54 Å². The van der Waals surface area contributed by atoms with Gasteiger partial charge >= 0.3 is 0 Å². The maximum atomic E-state index is 6.00. The Morgan fingerprint density at radius 2 is 2.00 bits per heavy atom. The average molecular weight is 308 g/mol. The number of ether oxygens (including phenoxy) is 1. The Labute approximate surface area is 131 Å². The summed E-state index contributed by atoms with van der Waals surface area (Å²) in [6.07, 6.45) is 1.12. The fourth-order valence-electron chi connectivity index (χ4n) is 2.08. The summed E-state index contributed by atoms with van der Waals surface area (Å²) in [6.45, 7) is 8.35. The molecule has 1 aromatic heterocycles. The van der Waals surface area contributed by atoms with Gasteiger partial charge in [0.1, 0.15) is 23.9 Å². The second-order valence-electron chi connectivity index (χ2n) is 5.20. The number of benzene rings is 1. The van der Waals surface area contributed by atoms with Crippen LogP contribution < -0.4 is 10.1 Å². The minimum atomic E-state index is 0.426. The van der Waals surface area contributed by atoms with Crippen molar-refractivity contribution in [3.8, 4) is 5.75 Å². The van der Waals surface area contributed by atoms with Crippen LogP contribution in [0.2, 0.25) is 5.02 Å². The van der Waals surface area contributed by atoms with Crippen molar-refractivity contribution < 1.29 is 9.15 Å². The van der Waals surface area contributed by atoms with Crippen molar-refractivity contribution in [1.82, 2.24) is 5.32 Å². The van der Waals surface area contributed by atoms with Gasteiger partial charge in [-0.2, -0.15) is 0 Å². The molecule has 1 heterocycles. The lowest BCUT2D eigenvalue weighted by molar-refractivity contribution is 0.265. The van der Waals surface area contributed by atoms with Crippen LogP contribution in [0.1, 0.15) is 36.0 Å². The number of hydrogen-bond donors (Lipinski definition) is 1. The van der Waals surface area contributed by atoms with Crippen LogP contribution in [-0.2, 0) is 13.2 Å². The number of halogens is 1. The smallest absolute Gasteiger partial charge is 0.146 e. The normalized spacial score (nSPS) is 10.9. The Morgan fingerprint density at radius 1 is 1.19 bits per heavy atom. The highest BCUT2D eigenvalue weighted by Gasteiger charge is 2.08. The van der Waals surface area contributed by atoms with Crippen molar-refractivity contribution in [3.05, 3.63) is 51.9 Å². The van der Waals surface area contributed by atoms with E-state index < -0.39 is 0 Å². The van der Waals surface area contributed by atoms with Crippen LogP contribution in [0, 0.1) is 13.8 Å². The average Bonchev–Trinajstić information content (AvgIpc) is 2.81. The molecule has 0 aliphatic heterocycles. The van der Waals surface area contributed by atoms with Crippen LogP contribution >= 0.6 is 11.6 Å². The summed E-state index contributed by atoms with van der Waals surface area (Å²) in [7, 11) is 0. The second kappa shape index (κ2) is 7.53. The molecule has 0 aliphatic rings. The van der Waals surface area contributed by atoms with Crippen LogP contribution in [0.5, 0.6) is 5.75 Å². The molecule has 3 nitrogen and oxygen atoms in total. The Balaban J connectivity index is 1.93. The predicted octanol–water partition coefficient (Wildman–Crippen LogP) is 4.63. The van der Waals surface area contributed by atoms with Gasteiger partial charge in [-0.05, 0) is 62.2 Å². The van der Waals surface area contributed by atoms with Crippen LogP contribution in [0.15, 0.2) is 28.7 Å². The highest BCUT2D eigenvalue weighted by molar-refractivity contribution is 6.31. The minimum absolute atomic E-state index is 0.426. The molecule has 21 heavy (non-hydrogen) atoms. The third-order valence-electron chi connectivity index (χ3n) is 3.29. The summed E-state index contributed by atoms with van der Waals surface area (Å²) in [4.78, 5) is 0. The summed E-state index contributed by atoms with van der Waals surface area (Å²) < 4.78 is 11.6. The molecule has 0 spiro atoms. The van der Waals surface area contributed by atoms with E-state index in [0.29, 0.717) is 6.61 Å². The van der Waals surface area contributed by atoms with Gasteiger partial charge in [0.05, 0.1) is 6.54 Å². The van der Waals surface area contributed by atoms with Crippen LogP contribution in [0.25, 0.3) is 0 Å². The predicted molar refractivity (Wildman–Crippen MR) is 86.0 cm³/mol. The molecule has 0 saturated heterocycles. The SMILES string of the molecule is CCCNCc1oc(COc2ccc(Cl)c(C)c2)cc1C. The quantitative estimate of drug-likeness (QED) is 0.757. The summed E-state index contributed by atoms with van der Waals surface area (Å²) in [5, 5.41) is 4.09. The number of furan rings is 1. The van der Waals surface area contributed by atoms with Gasteiger partial charge in [-0.3, -0.25) is 0 Å². The Kier molecular flexibility index (Phi) is 5.71. The molecule has 0 bridgehead atoms. The topological polar surface area (TPSA) is 34.4 Å². The van der Waals surface area contributed by atoms with Gasteiger partial charge < -0.3 is 14.5 Å². The third-order valence-corrected chi connectivity index (χ3v) is 3.72. The van der Waals surface area contributed by atoms with Crippen LogP contribution in [-0.4, -0.2) is 6.54 Å². The lowest BCUT2D eigenvalue weighted by Gasteiger charge is -2.06. The molecule has 1 N–H and O–H groups in total. The lowest BCUT2D eigenvalue weighted by atomic mass is 10.2. The Bertz CT molecular complexity index is 592. The monoisotopic (exact) mass is 307 g/mol. The first-order valence-electron chi connectivity index (χ1n) is 7.28. The van der Waals surface area contributed by atoms with Crippen LogP contribution in [0.3, 0.4) is 0 Å². The maximum absolute atomic E-state index is 6.00. The number of nitrogens with one attached hydrogen (secondary N) is 1. The molecule has 0 amide bonds. The molecule has 0 aliphatic carbocycles. The van der Waals surface area contributed by atoms with Crippen molar-refractivity contribution >= 4 is 11.6 Å². The molecular weight excluding hydrogens is 286 g/mol. The van der Waals surface area contributed by atoms with Gasteiger partial charge in [-0.15, -0.1) is 0 Å². The van der Waals surface area contributed by atoms with E-state index >= 15 is 0 Å². The Hall–Kier alpha value is -1.45. The lowest BCUT2D eigenvalue weighted by Crippen LogP contribution is -2.13. The van der Waals surface area contributed by atoms with E-state index in [9.17, 15) is 0 Å². The molecule has 0 atom stereocenters. The van der Waals surface area contributed by atoms with E-state index in [1.54, 1.807) is 0 Å². The van der Waals surface area contributed by atoms with Crippen molar-refractivity contribution in [2.24, 2.45) is 0 Å². The van der Waals surface area contributed by atoms with Gasteiger partial charge in [-0.1, -0.05) is 18.5 Å². The first-order chi connectivity index (χ1) is 10.1.